The third kappa shape index (κ3) is 6.32. The number of benzene rings is 1. The first-order valence-electron chi connectivity index (χ1n) is 8.50. The molecule has 1 aromatic rings. The Morgan fingerprint density at radius 2 is 1.88 bits per heavy atom. The van der Waals surface area contributed by atoms with E-state index in [2.05, 4.69) is 4.72 Å². The Balaban J connectivity index is 2.05. The smallest absolute Gasteiger partial charge is 0.240 e. The minimum atomic E-state index is -3.51. The van der Waals surface area contributed by atoms with Crippen LogP contribution in [0.1, 0.15) is 31.7 Å². The third-order valence-corrected chi connectivity index (χ3v) is 9.04. The van der Waals surface area contributed by atoms with E-state index in [1.807, 2.05) is 55.6 Å². The summed E-state index contributed by atoms with van der Waals surface area (Å²) < 4.78 is 28.0. The van der Waals surface area contributed by atoms with E-state index >= 15 is 0 Å². The van der Waals surface area contributed by atoms with Crippen molar-refractivity contribution in [2.45, 2.75) is 48.1 Å². The molecular weight excluding hydrogens is 374 g/mol. The number of aliphatic hydroxyl groups excluding tert-OH is 1. The van der Waals surface area contributed by atoms with Gasteiger partial charge in [-0.1, -0.05) is 29.8 Å². The molecule has 1 heterocycles. The van der Waals surface area contributed by atoms with Gasteiger partial charge in [0, 0.05) is 6.04 Å². The molecular formula is C18H27NO3S3. The van der Waals surface area contributed by atoms with Crippen molar-refractivity contribution in [3.8, 4) is 0 Å². The summed E-state index contributed by atoms with van der Waals surface area (Å²) in [5.41, 5.74) is 1.04. The molecule has 1 aromatic carbocycles. The zero-order chi connectivity index (χ0) is 18.3. The second-order valence-electron chi connectivity index (χ2n) is 6.36. The van der Waals surface area contributed by atoms with Crippen molar-refractivity contribution in [1.82, 2.24) is 4.72 Å². The molecule has 0 radical (unpaired) electrons. The SMILES string of the molecule is Cc1ccc(S(=O)(=O)N[C@H](C)CC2(CC=CCO)SCCCS2)cc1. The number of allylic oxidation sites excluding steroid dienone is 1. The highest BCUT2D eigenvalue weighted by atomic mass is 32.2. The number of thioether (sulfide) groups is 2. The predicted molar refractivity (Wildman–Crippen MR) is 109 cm³/mol. The van der Waals surface area contributed by atoms with Crippen LogP contribution in [-0.4, -0.2) is 41.8 Å². The van der Waals surface area contributed by atoms with Crippen LogP contribution in [0.15, 0.2) is 41.3 Å². The van der Waals surface area contributed by atoms with Gasteiger partial charge in [-0.05, 0) is 56.7 Å². The Morgan fingerprint density at radius 1 is 1.24 bits per heavy atom. The van der Waals surface area contributed by atoms with Gasteiger partial charge in [0.2, 0.25) is 10.0 Å². The van der Waals surface area contributed by atoms with Crippen molar-refractivity contribution in [2.75, 3.05) is 18.1 Å². The van der Waals surface area contributed by atoms with Gasteiger partial charge < -0.3 is 5.11 Å². The highest BCUT2D eigenvalue weighted by molar-refractivity contribution is 8.18. The molecule has 1 saturated heterocycles. The van der Waals surface area contributed by atoms with E-state index < -0.39 is 10.0 Å². The van der Waals surface area contributed by atoms with Gasteiger partial charge in [-0.15, -0.1) is 23.5 Å². The Labute approximate surface area is 159 Å². The summed E-state index contributed by atoms with van der Waals surface area (Å²) in [6, 6.07) is 6.76. The van der Waals surface area contributed by atoms with Gasteiger partial charge in [0.25, 0.3) is 0 Å². The molecule has 0 bridgehead atoms. The van der Waals surface area contributed by atoms with E-state index in [-0.39, 0.29) is 16.7 Å². The van der Waals surface area contributed by atoms with E-state index in [0.717, 1.165) is 29.9 Å². The minimum absolute atomic E-state index is 0.0286. The van der Waals surface area contributed by atoms with Gasteiger partial charge in [-0.25, -0.2) is 13.1 Å². The number of hydrogen-bond donors (Lipinski definition) is 2. The maximum absolute atomic E-state index is 12.6. The molecule has 0 unspecified atom stereocenters. The molecule has 0 amide bonds. The summed E-state index contributed by atoms with van der Waals surface area (Å²) in [7, 11) is -3.51. The number of nitrogens with one attached hydrogen (secondary N) is 1. The molecule has 2 N–H and O–H groups in total. The molecule has 140 valence electrons. The van der Waals surface area contributed by atoms with Crippen molar-refractivity contribution in [1.29, 1.82) is 0 Å². The lowest BCUT2D eigenvalue weighted by Gasteiger charge is -2.37. The zero-order valence-electron chi connectivity index (χ0n) is 14.8. The zero-order valence-corrected chi connectivity index (χ0v) is 17.2. The topological polar surface area (TPSA) is 66.4 Å². The fourth-order valence-electron chi connectivity index (χ4n) is 2.83. The fourth-order valence-corrected chi connectivity index (χ4v) is 7.58. The fraction of sp³-hybridized carbons (Fsp3) is 0.556. The number of rotatable bonds is 8. The maximum Gasteiger partial charge on any atom is 0.240 e. The normalized spacial score (nSPS) is 19.2. The second kappa shape index (κ2) is 9.46. The molecule has 1 aliphatic heterocycles. The Bertz CT molecular complexity index is 665. The van der Waals surface area contributed by atoms with E-state index in [1.54, 1.807) is 18.2 Å². The van der Waals surface area contributed by atoms with Crippen LogP contribution in [0.5, 0.6) is 0 Å². The molecule has 1 fully saturated rings. The second-order valence-corrected chi connectivity index (χ2v) is 11.3. The first kappa shape index (κ1) is 20.8. The van der Waals surface area contributed by atoms with Crippen LogP contribution in [0.2, 0.25) is 0 Å². The highest BCUT2D eigenvalue weighted by Crippen LogP contribution is 2.48. The molecule has 2 rings (SSSR count). The number of aryl methyl sites for hydroxylation is 1. The number of aliphatic hydroxyl groups is 1. The van der Waals surface area contributed by atoms with Crippen LogP contribution in [-0.2, 0) is 10.0 Å². The molecule has 0 aliphatic carbocycles. The average Bonchev–Trinajstić information content (AvgIpc) is 2.55. The summed E-state index contributed by atoms with van der Waals surface area (Å²) in [6.07, 6.45) is 6.54. The van der Waals surface area contributed by atoms with Crippen molar-refractivity contribution in [2.24, 2.45) is 0 Å². The monoisotopic (exact) mass is 401 g/mol. The molecule has 0 saturated carbocycles. The predicted octanol–water partition coefficient (Wildman–Crippen LogP) is 3.56. The van der Waals surface area contributed by atoms with Crippen LogP contribution in [0.25, 0.3) is 0 Å². The summed E-state index contributed by atoms with van der Waals surface area (Å²) >= 11 is 3.82. The van der Waals surface area contributed by atoms with Crippen LogP contribution >= 0.6 is 23.5 Å². The van der Waals surface area contributed by atoms with E-state index in [9.17, 15) is 8.42 Å². The van der Waals surface area contributed by atoms with Gasteiger partial charge in [-0.2, -0.15) is 0 Å². The Kier molecular flexibility index (Phi) is 7.89. The van der Waals surface area contributed by atoms with Crippen LogP contribution in [0, 0.1) is 6.92 Å². The molecule has 7 heteroatoms. The minimum Gasteiger partial charge on any atom is -0.392 e. The van der Waals surface area contributed by atoms with Crippen molar-refractivity contribution >= 4 is 33.5 Å². The summed E-state index contributed by atoms with van der Waals surface area (Å²) in [5.74, 6) is 2.19. The largest absolute Gasteiger partial charge is 0.392 e. The molecule has 0 spiro atoms. The van der Waals surface area contributed by atoms with Crippen LogP contribution in [0.3, 0.4) is 0 Å². The third-order valence-electron chi connectivity index (χ3n) is 4.02. The van der Waals surface area contributed by atoms with Crippen LogP contribution < -0.4 is 4.72 Å². The lowest BCUT2D eigenvalue weighted by molar-refractivity contribution is 0.342. The van der Waals surface area contributed by atoms with Gasteiger partial charge in [0.1, 0.15) is 0 Å². The molecule has 4 nitrogen and oxygen atoms in total. The summed E-state index contributed by atoms with van der Waals surface area (Å²) in [4.78, 5) is 0.308. The number of hydrogen-bond acceptors (Lipinski definition) is 5. The molecule has 0 aromatic heterocycles. The molecule has 1 aliphatic rings. The lowest BCUT2D eigenvalue weighted by atomic mass is 10.1. The summed E-state index contributed by atoms with van der Waals surface area (Å²) in [6.45, 7) is 3.91. The average molecular weight is 402 g/mol. The standard InChI is InChI=1S/C18H27NO3S3/c1-15-6-8-17(9-7-15)25(21,22)19-16(2)14-18(10-3-4-11-20)23-12-5-13-24-18/h3-4,6-9,16,19-20H,5,10-14H2,1-2H3/t16-/m1/s1. The van der Waals surface area contributed by atoms with Crippen molar-refractivity contribution < 1.29 is 13.5 Å². The Hall–Kier alpha value is -0.470. The van der Waals surface area contributed by atoms with Gasteiger partial charge >= 0.3 is 0 Å². The van der Waals surface area contributed by atoms with Gasteiger partial charge in [-0.3, -0.25) is 0 Å². The van der Waals surface area contributed by atoms with Crippen molar-refractivity contribution in [3.05, 3.63) is 42.0 Å². The maximum atomic E-state index is 12.6. The molecule has 1 atom stereocenters. The number of sulfonamides is 1. The van der Waals surface area contributed by atoms with Gasteiger partial charge in [0.05, 0.1) is 15.6 Å². The summed E-state index contributed by atoms with van der Waals surface area (Å²) in [5, 5.41) is 8.97. The lowest BCUT2D eigenvalue weighted by Crippen LogP contribution is -2.39. The quantitative estimate of drug-likeness (QED) is 0.652. The van der Waals surface area contributed by atoms with E-state index in [0.29, 0.717) is 4.90 Å². The van der Waals surface area contributed by atoms with Crippen molar-refractivity contribution in [3.63, 3.8) is 0 Å². The first-order valence-corrected chi connectivity index (χ1v) is 12.0. The van der Waals surface area contributed by atoms with E-state index in [1.165, 1.54) is 6.42 Å². The molecule has 25 heavy (non-hydrogen) atoms. The Morgan fingerprint density at radius 3 is 2.48 bits per heavy atom. The van der Waals surface area contributed by atoms with Crippen LogP contribution in [0.4, 0.5) is 0 Å². The highest BCUT2D eigenvalue weighted by Gasteiger charge is 2.35. The van der Waals surface area contributed by atoms with Gasteiger partial charge in [0.15, 0.2) is 0 Å². The first-order chi connectivity index (χ1) is 11.9. The van der Waals surface area contributed by atoms with E-state index in [4.69, 9.17) is 5.11 Å².